The van der Waals surface area contributed by atoms with Gasteiger partial charge in [0.25, 0.3) is 5.91 Å². The summed E-state index contributed by atoms with van der Waals surface area (Å²) in [4.78, 5) is 14.6. The van der Waals surface area contributed by atoms with Crippen molar-refractivity contribution in [3.05, 3.63) is 60.0 Å². The van der Waals surface area contributed by atoms with Crippen molar-refractivity contribution in [3.63, 3.8) is 0 Å². The van der Waals surface area contributed by atoms with Crippen LogP contribution in [0.5, 0.6) is 0 Å². The predicted molar refractivity (Wildman–Crippen MR) is 106 cm³/mol. The van der Waals surface area contributed by atoms with Crippen molar-refractivity contribution in [2.75, 3.05) is 20.2 Å². The van der Waals surface area contributed by atoms with E-state index in [9.17, 15) is 4.79 Å². The number of nitrogens with zero attached hydrogens (tertiary/aromatic N) is 3. The Kier molecular flexibility index (Phi) is 5.21. The SMILES string of the molecule is CO[C@@H]1CCCN(C(=O)c2ccc(-c3ccc(-c4nnc(C)o4)cc3)cc2)C1. The Morgan fingerprint density at radius 1 is 1.04 bits per heavy atom. The maximum atomic E-state index is 12.8. The molecule has 1 aliphatic heterocycles. The van der Waals surface area contributed by atoms with Crippen LogP contribution in [0.15, 0.2) is 52.9 Å². The number of aryl methyl sites for hydroxylation is 1. The number of hydrogen-bond donors (Lipinski definition) is 0. The third kappa shape index (κ3) is 3.82. The molecular formula is C22H23N3O3. The van der Waals surface area contributed by atoms with Gasteiger partial charge in [0.1, 0.15) is 0 Å². The molecule has 4 rings (SSSR count). The van der Waals surface area contributed by atoms with E-state index in [0.29, 0.717) is 23.9 Å². The van der Waals surface area contributed by atoms with Crippen molar-refractivity contribution in [1.82, 2.24) is 15.1 Å². The number of benzene rings is 2. The highest BCUT2D eigenvalue weighted by Crippen LogP contribution is 2.25. The molecule has 144 valence electrons. The average molecular weight is 377 g/mol. The van der Waals surface area contributed by atoms with Gasteiger partial charge in [-0.05, 0) is 48.2 Å². The fraction of sp³-hybridized carbons (Fsp3) is 0.318. The van der Waals surface area contributed by atoms with Crippen LogP contribution in [0.3, 0.4) is 0 Å². The Labute approximate surface area is 164 Å². The molecule has 1 amide bonds. The Hall–Kier alpha value is -2.99. The number of piperidine rings is 1. The molecule has 6 nitrogen and oxygen atoms in total. The minimum atomic E-state index is 0.0652. The summed E-state index contributed by atoms with van der Waals surface area (Å²) in [6, 6.07) is 15.7. The molecule has 0 N–H and O–H groups in total. The topological polar surface area (TPSA) is 68.5 Å². The Morgan fingerprint density at radius 2 is 1.68 bits per heavy atom. The molecular weight excluding hydrogens is 354 g/mol. The zero-order valence-corrected chi connectivity index (χ0v) is 16.1. The first-order chi connectivity index (χ1) is 13.6. The van der Waals surface area contributed by atoms with E-state index < -0.39 is 0 Å². The summed E-state index contributed by atoms with van der Waals surface area (Å²) in [6.45, 7) is 3.22. The molecule has 0 bridgehead atoms. The van der Waals surface area contributed by atoms with E-state index in [-0.39, 0.29) is 12.0 Å². The van der Waals surface area contributed by atoms with Crippen LogP contribution in [-0.4, -0.2) is 47.3 Å². The van der Waals surface area contributed by atoms with Crippen LogP contribution < -0.4 is 0 Å². The average Bonchev–Trinajstić information content (AvgIpc) is 3.20. The Bertz CT molecular complexity index is 948. The molecule has 1 aliphatic rings. The molecule has 0 radical (unpaired) electrons. The zero-order valence-electron chi connectivity index (χ0n) is 16.1. The van der Waals surface area contributed by atoms with Crippen LogP contribution in [0.2, 0.25) is 0 Å². The molecule has 1 atom stereocenters. The first-order valence-electron chi connectivity index (χ1n) is 9.47. The van der Waals surface area contributed by atoms with Crippen molar-refractivity contribution in [3.8, 4) is 22.6 Å². The fourth-order valence-corrected chi connectivity index (χ4v) is 3.52. The molecule has 1 saturated heterocycles. The van der Waals surface area contributed by atoms with E-state index in [4.69, 9.17) is 9.15 Å². The molecule has 0 spiro atoms. The molecule has 0 unspecified atom stereocenters. The smallest absolute Gasteiger partial charge is 0.253 e. The molecule has 0 aliphatic carbocycles. The molecule has 3 aromatic rings. The maximum absolute atomic E-state index is 12.8. The van der Waals surface area contributed by atoms with Gasteiger partial charge in [0.15, 0.2) is 0 Å². The van der Waals surface area contributed by atoms with Gasteiger partial charge < -0.3 is 14.1 Å². The summed E-state index contributed by atoms with van der Waals surface area (Å²) in [6.07, 6.45) is 2.13. The van der Waals surface area contributed by atoms with E-state index in [1.807, 2.05) is 53.4 Å². The largest absolute Gasteiger partial charge is 0.421 e. The van der Waals surface area contributed by atoms with Crippen LogP contribution >= 0.6 is 0 Å². The Balaban J connectivity index is 1.47. The molecule has 2 aromatic carbocycles. The molecule has 0 saturated carbocycles. The fourth-order valence-electron chi connectivity index (χ4n) is 3.52. The van der Waals surface area contributed by atoms with E-state index in [0.717, 1.165) is 36.1 Å². The third-order valence-corrected chi connectivity index (χ3v) is 5.12. The number of aromatic nitrogens is 2. The second-order valence-electron chi connectivity index (χ2n) is 7.03. The van der Waals surface area contributed by atoms with Gasteiger partial charge in [-0.25, -0.2) is 0 Å². The van der Waals surface area contributed by atoms with Crippen LogP contribution in [0.25, 0.3) is 22.6 Å². The number of rotatable bonds is 4. The van der Waals surface area contributed by atoms with Crippen molar-refractivity contribution >= 4 is 5.91 Å². The first kappa shape index (κ1) is 18.4. The summed E-state index contributed by atoms with van der Waals surface area (Å²) in [5.74, 6) is 1.13. The quantitative estimate of drug-likeness (QED) is 0.688. The second-order valence-corrected chi connectivity index (χ2v) is 7.03. The van der Waals surface area contributed by atoms with Crippen LogP contribution in [0.1, 0.15) is 29.1 Å². The summed E-state index contributed by atoms with van der Waals surface area (Å²) >= 11 is 0. The van der Waals surface area contributed by atoms with Crippen LogP contribution in [0, 0.1) is 6.92 Å². The normalized spacial score (nSPS) is 16.9. The maximum Gasteiger partial charge on any atom is 0.253 e. The number of ether oxygens (including phenoxy) is 1. The van der Waals surface area contributed by atoms with Crippen LogP contribution in [0.4, 0.5) is 0 Å². The minimum absolute atomic E-state index is 0.0652. The lowest BCUT2D eigenvalue weighted by Crippen LogP contribution is -2.42. The zero-order chi connectivity index (χ0) is 19.5. The van der Waals surface area contributed by atoms with Gasteiger partial charge in [0.05, 0.1) is 6.10 Å². The summed E-state index contributed by atoms with van der Waals surface area (Å²) in [5, 5.41) is 7.90. The van der Waals surface area contributed by atoms with Gasteiger partial charge >= 0.3 is 0 Å². The van der Waals surface area contributed by atoms with E-state index in [1.54, 1.807) is 14.0 Å². The second kappa shape index (κ2) is 7.94. The van der Waals surface area contributed by atoms with Gasteiger partial charge in [-0.15, -0.1) is 10.2 Å². The monoisotopic (exact) mass is 377 g/mol. The summed E-state index contributed by atoms with van der Waals surface area (Å²) in [7, 11) is 1.71. The minimum Gasteiger partial charge on any atom is -0.421 e. The standard InChI is InChI=1S/C22H23N3O3/c1-15-23-24-21(28-15)18-9-5-16(6-10-18)17-7-11-19(12-8-17)22(26)25-13-3-4-20(14-25)27-2/h5-12,20H,3-4,13-14H2,1-2H3/t20-/m1/s1. The first-order valence-corrected chi connectivity index (χ1v) is 9.47. The number of methoxy groups -OCH3 is 1. The van der Waals surface area contributed by atoms with E-state index >= 15 is 0 Å². The molecule has 1 aromatic heterocycles. The number of amides is 1. The molecule has 1 fully saturated rings. The summed E-state index contributed by atoms with van der Waals surface area (Å²) in [5.41, 5.74) is 3.71. The van der Waals surface area contributed by atoms with Crippen molar-refractivity contribution < 1.29 is 13.9 Å². The van der Waals surface area contributed by atoms with Crippen molar-refractivity contribution in [1.29, 1.82) is 0 Å². The summed E-state index contributed by atoms with van der Waals surface area (Å²) < 4.78 is 10.9. The molecule has 28 heavy (non-hydrogen) atoms. The van der Waals surface area contributed by atoms with Gasteiger partial charge in [-0.3, -0.25) is 4.79 Å². The van der Waals surface area contributed by atoms with Crippen molar-refractivity contribution in [2.24, 2.45) is 0 Å². The third-order valence-electron chi connectivity index (χ3n) is 5.12. The number of carbonyl (C=O) groups excluding carboxylic acids is 1. The Morgan fingerprint density at radius 3 is 2.29 bits per heavy atom. The number of hydrogen-bond acceptors (Lipinski definition) is 5. The van der Waals surface area contributed by atoms with Gasteiger partial charge in [-0.1, -0.05) is 24.3 Å². The van der Waals surface area contributed by atoms with Gasteiger partial charge in [0.2, 0.25) is 11.8 Å². The number of carbonyl (C=O) groups is 1. The highest BCUT2D eigenvalue weighted by molar-refractivity contribution is 5.94. The molecule has 2 heterocycles. The van der Waals surface area contributed by atoms with Gasteiger partial charge in [0, 0.05) is 38.2 Å². The van der Waals surface area contributed by atoms with E-state index in [2.05, 4.69) is 10.2 Å². The highest BCUT2D eigenvalue weighted by atomic mass is 16.5. The molecule has 6 heteroatoms. The lowest BCUT2D eigenvalue weighted by atomic mass is 10.0. The highest BCUT2D eigenvalue weighted by Gasteiger charge is 2.24. The lowest BCUT2D eigenvalue weighted by Gasteiger charge is -2.32. The van der Waals surface area contributed by atoms with E-state index in [1.165, 1.54) is 0 Å². The predicted octanol–water partition coefficient (Wildman–Crippen LogP) is 3.96. The van der Waals surface area contributed by atoms with Crippen molar-refractivity contribution in [2.45, 2.75) is 25.9 Å². The lowest BCUT2D eigenvalue weighted by molar-refractivity contribution is 0.0269. The van der Waals surface area contributed by atoms with Crippen LogP contribution in [-0.2, 0) is 4.74 Å². The number of likely N-dealkylation sites (tertiary alicyclic amines) is 1. The van der Waals surface area contributed by atoms with Gasteiger partial charge in [-0.2, -0.15) is 0 Å².